The molecule has 0 spiro atoms. The molecule has 2 nitrogen and oxygen atoms in total. The standard InChI is InChI=1S/C14H9F4NO/c15-12-5-1-10(2-6-12)9-19(20)13-7-3-11(4-8-13)14(16,17)18/h1-9H. The fraction of sp³-hybridized carbons (Fsp3) is 0.0714. The van der Waals surface area contributed by atoms with Crippen LogP contribution in [0, 0.1) is 11.0 Å². The van der Waals surface area contributed by atoms with Crippen molar-refractivity contribution in [2.24, 2.45) is 0 Å². The molecule has 0 saturated carbocycles. The molecule has 0 bridgehead atoms. The first kappa shape index (κ1) is 14.0. The highest BCUT2D eigenvalue weighted by Gasteiger charge is 2.30. The van der Waals surface area contributed by atoms with E-state index in [0.29, 0.717) is 10.3 Å². The topological polar surface area (TPSA) is 26.1 Å². The zero-order valence-electron chi connectivity index (χ0n) is 10.1. The largest absolute Gasteiger partial charge is 0.618 e. The minimum absolute atomic E-state index is 0.0577. The van der Waals surface area contributed by atoms with E-state index in [0.717, 1.165) is 30.5 Å². The van der Waals surface area contributed by atoms with Crippen LogP contribution in [0.5, 0.6) is 0 Å². The monoisotopic (exact) mass is 283 g/mol. The summed E-state index contributed by atoms with van der Waals surface area (Å²) >= 11 is 0. The Morgan fingerprint density at radius 2 is 1.45 bits per heavy atom. The van der Waals surface area contributed by atoms with Gasteiger partial charge < -0.3 is 5.21 Å². The van der Waals surface area contributed by atoms with Gasteiger partial charge in [0.2, 0.25) is 5.69 Å². The lowest BCUT2D eigenvalue weighted by Gasteiger charge is -2.07. The predicted molar refractivity (Wildman–Crippen MR) is 66.3 cm³/mol. The zero-order valence-corrected chi connectivity index (χ0v) is 10.1. The molecule has 0 aromatic heterocycles. The first-order chi connectivity index (χ1) is 9.36. The van der Waals surface area contributed by atoms with Crippen LogP contribution >= 0.6 is 0 Å². The summed E-state index contributed by atoms with van der Waals surface area (Å²) < 4.78 is 50.2. The van der Waals surface area contributed by atoms with Gasteiger partial charge >= 0.3 is 6.18 Å². The molecule has 0 saturated heterocycles. The normalized spacial score (nSPS) is 12.5. The Bertz CT molecular complexity index is 615. The molecular formula is C14H9F4NO. The molecule has 0 fully saturated rings. The summed E-state index contributed by atoms with van der Waals surface area (Å²) in [5.41, 5.74) is -0.319. The highest BCUT2D eigenvalue weighted by Crippen LogP contribution is 2.30. The van der Waals surface area contributed by atoms with E-state index in [1.54, 1.807) is 0 Å². The minimum Gasteiger partial charge on any atom is -0.618 e. The predicted octanol–water partition coefficient (Wildman–Crippen LogP) is 4.11. The van der Waals surface area contributed by atoms with Gasteiger partial charge in [-0.15, -0.1) is 0 Å². The lowest BCUT2D eigenvalue weighted by molar-refractivity contribution is -0.354. The molecule has 104 valence electrons. The van der Waals surface area contributed by atoms with E-state index in [4.69, 9.17) is 0 Å². The van der Waals surface area contributed by atoms with Gasteiger partial charge in [0.05, 0.1) is 5.56 Å². The highest BCUT2D eigenvalue weighted by atomic mass is 19.4. The molecular weight excluding hydrogens is 274 g/mol. The molecule has 6 heteroatoms. The molecule has 0 atom stereocenters. The SMILES string of the molecule is [O-][N+](=Cc1ccc(F)cc1)c1ccc(C(F)(F)F)cc1. The number of halogens is 4. The van der Waals surface area contributed by atoms with Crippen LogP contribution in [-0.2, 0) is 6.18 Å². The number of nitrogens with zero attached hydrogens (tertiary/aromatic N) is 1. The van der Waals surface area contributed by atoms with E-state index in [9.17, 15) is 22.8 Å². The average molecular weight is 283 g/mol. The van der Waals surface area contributed by atoms with E-state index in [1.165, 1.54) is 24.3 Å². The Morgan fingerprint density at radius 1 is 0.900 bits per heavy atom. The summed E-state index contributed by atoms with van der Waals surface area (Å²) in [5.74, 6) is -0.436. The Morgan fingerprint density at radius 3 is 1.95 bits per heavy atom. The van der Waals surface area contributed by atoms with Gasteiger partial charge in [0, 0.05) is 17.7 Å². The summed E-state index contributed by atoms with van der Waals surface area (Å²) in [6, 6.07) is 8.98. The van der Waals surface area contributed by atoms with Gasteiger partial charge in [-0.2, -0.15) is 17.9 Å². The fourth-order valence-corrected chi connectivity index (χ4v) is 1.56. The average Bonchev–Trinajstić information content (AvgIpc) is 2.40. The fourth-order valence-electron chi connectivity index (χ4n) is 1.56. The van der Waals surface area contributed by atoms with Crippen LogP contribution in [-0.4, -0.2) is 11.0 Å². The van der Waals surface area contributed by atoms with Gasteiger partial charge in [0.1, 0.15) is 5.82 Å². The van der Waals surface area contributed by atoms with Crippen molar-refractivity contribution >= 4 is 11.9 Å². The van der Waals surface area contributed by atoms with Crippen molar-refractivity contribution < 1.29 is 22.3 Å². The van der Waals surface area contributed by atoms with Crippen molar-refractivity contribution in [3.05, 3.63) is 70.7 Å². The summed E-state index contributed by atoms with van der Waals surface area (Å²) in [5, 5.41) is 11.7. The third kappa shape index (κ3) is 3.34. The molecule has 0 aliphatic heterocycles. The third-order valence-electron chi connectivity index (χ3n) is 2.59. The van der Waals surface area contributed by atoms with Gasteiger partial charge in [0.15, 0.2) is 6.21 Å². The van der Waals surface area contributed by atoms with Gasteiger partial charge in [-0.1, -0.05) is 0 Å². The second-order valence-corrected chi connectivity index (χ2v) is 4.05. The molecule has 0 aliphatic carbocycles. The van der Waals surface area contributed by atoms with E-state index in [1.807, 2.05) is 0 Å². The number of alkyl halides is 3. The zero-order chi connectivity index (χ0) is 14.8. The van der Waals surface area contributed by atoms with Crippen LogP contribution in [0.25, 0.3) is 0 Å². The molecule has 0 radical (unpaired) electrons. The molecule has 2 aromatic carbocycles. The number of rotatable bonds is 2. The number of hydrogen-bond donors (Lipinski definition) is 0. The second kappa shape index (κ2) is 5.32. The number of benzene rings is 2. The van der Waals surface area contributed by atoms with Gasteiger partial charge in [0.25, 0.3) is 0 Å². The smallest absolute Gasteiger partial charge is 0.416 e. The Labute approximate surface area is 112 Å². The molecule has 2 aromatic rings. The first-order valence-electron chi connectivity index (χ1n) is 5.60. The first-order valence-corrected chi connectivity index (χ1v) is 5.60. The summed E-state index contributed by atoms with van der Waals surface area (Å²) in [4.78, 5) is 0. The van der Waals surface area contributed by atoms with Crippen LogP contribution in [0.1, 0.15) is 11.1 Å². The van der Waals surface area contributed by atoms with E-state index < -0.39 is 17.6 Å². The van der Waals surface area contributed by atoms with Crippen LogP contribution in [0.4, 0.5) is 23.2 Å². The summed E-state index contributed by atoms with van der Waals surface area (Å²) in [7, 11) is 0. The molecule has 0 unspecified atom stereocenters. The van der Waals surface area contributed by atoms with Crippen molar-refractivity contribution in [3.63, 3.8) is 0 Å². The van der Waals surface area contributed by atoms with Crippen molar-refractivity contribution in [2.75, 3.05) is 0 Å². The second-order valence-electron chi connectivity index (χ2n) is 4.05. The van der Waals surface area contributed by atoms with E-state index in [2.05, 4.69) is 0 Å². The van der Waals surface area contributed by atoms with Gasteiger partial charge in [-0.3, -0.25) is 0 Å². The highest BCUT2D eigenvalue weighted by molar-refractivity contribution is 5.76. The molecule has 0 N–H and O–H groups in total. The lowest BCUT2D eigenvalue weighted by Crippen LogP contribution is -2.05. The third-order valence-corrected chi connectivity index (χ3v) is 2.59. The molecule has 2 rings (SSSR count). The van der Waals surface area contributed by atoms with Crippen LogP contribution in [0.2, 0.25) is 0 Å². The van der Waals surface area contributed by atoms with Crippen LogP contribution in [0.3, 0.4) is 0 Å². The maximum atomic E-state index is 12.7. The van der Waals surface area contributed by atoms with Crippen LogP contribution < -0.4 is 0 Å². The Balaban J connectivity index is 2.25. The van der Waals surface area contributed by atoms with Gasteiger partial charge in [-0.25, -0.2) is 4.39 Å². The quantitative estimate of drug-likeness (QED) is 0.268. The van der Waals surface area contributed by atoms with E-state index in [-0.39, 0.29) is 5.69 Å². The Hall–Kier alpha value is -2.37. The Kier molecular flexibility index (Phi) is 3.74. The summed E-state index contributed by atoms with van der Waals surface area (Å²) in [6.45, 7) is 0. The van der Waals surface area contributed by atoms with Crippen LogP contribution in [0.15, 0.2) is 48.5 Å². The van der Waals surface area contributed by atoms with Crippen molar-refractivity contribution in [1.82, 2.24) is 0 Å². The van der Waals surface area contributed by atoms with E-state index >= 15 is 0 Å². The maximum Gasteiger partial charge on any atom is 0.416 e. The maximum absolute atomic E-state index is 12.7. The molecule has 0 heterocycles. The molecule has 20 heavy (non-hydrogen) atoms. The van der Waals surface area contributed by atoms with Gasteiger partial charge in [-0.05, 0) is 36.4 Å². The molecule has 0 amide bonds. The minimum atomic E-state index is -4.44. The van der Waals surface area contributed by atoms with Crippen molar-refractivity contribution in [2.45, 2.75) is 6.18 Å². The van der Waals surface area contributed by atoms with Crippen molar-refractivity contribution in [1.29, 1.82) is 0 Å². The lowest BCUT2D eigenvalue weighted by atomic mass is 10.2. The molecule has 0 aliphatic rings. The van der Waals surface area contributed by atoms with Crippen molar-refractivity contribution in [3.8, 4) is 0 Å². The summed E-state index contributed by atoms with van der Waals surface area (Å²) in [6.07, 6.45) is -3.28. The number of hydrogen-bond acceptors (Lipinski definition) is 1.